The Morgan fingerprint density at radius 2 is 2.11 bits per heavy atom. The van der Waals surface area contributed by atoms with Crippen molar-refractivity contribution < 1.29 is 0 Å². The third-order valence-corrected chi connectivity index (χ3v) is 5.21. The molecule has 0 radical (unpaired) electrons. The van der Waals surface area contributed by atoms with E-state index in [0.717, 1.165) is 16.7 Å². The van der Waals surface area contributed by atoms with Gasteiger partial charge in [0.2, 0.25) is 0 Å². The number of rotatable bonds is 6. The van der Waals surface area contributed by atoms with Crippen molar-refractivity contribution >= 4 is 22.9 Å². The van der Waals surface area contributed by atoms with Crippen molar-refractivity contribution in [3.8, 4) is 0 Å². The topological polar surface area (TPSA) is 38.0 Å². The monoisotopic (exact) mass is 286 g/mol. The van der Waals surface area contributed by atoms with E-state index in [-0.39, 0.29) is 0 Å². The maximum atomic E-state index is 5.95. The van der Waals surface area contributed by atoms with E-state index in [9.17, 15) is 0 Å². The molecule has 3 N–H and O–H groups in total. The second-order valence-electron chi connectivity index (χ2n) is 5.35. The summed E-state index contributed by atoms with van der Waals surface area (Å²) in [6, 6.07) is 4.47. The summed E-state index contributed by atoms with van der Waals surface area (Å²) >= 11 is 7.62. The third kappa shape index (κ3) is 4.54. The zero-order chi connectivity index (χ0) is 12.8. The molecule has 1 aromatic heterocycles. The number of thiophene rings is 1. The number of nitrogens with two attached hydrogens (primary N) is 1. The Bertz CT molecular complexity index is 347. The van der Waals surface area contributed by atoms with E-state index < -0.39 is 0 Å². The molecule has 1 aliphatic carbocycles. The van der Waals surface area contributed by atoms with E-state index in [2.05, 4.69) is 11.5 Å². The van der Waals surface area contributed by atoms with Crippen LogP contribution in [-0.4, -0.2) is 6.04 Å². The first-order valence-corrected chi connectivity index (χ1v) is 8.17. The molecule has 0 spiro atoms. The predicted molar refractivity (Wildman–Crippen MR) is 80.0 cm³/mol. The molecular weight excluding hydrogens is 264 g/mol. The SMILES string of the molecule is NNC(CCC1CCCCC1)Cc1ccc(Cl)s1. The van der Waals surface area contributed by atoms with E-state index in [1.54, 1.807) is 11.3 Å². The Morgan fingerprint density at radius 3 is 2.72 bits per heavy atom. The molecule has 0 aromatic carbocycles. The van der Waals surface area contributed by atoms with Gasteiger partial charge in [-0.05, 0) is 37.3 Å². The molecule has 1 atom stereocenters. The molecule has 2 nitrogen and oxygen atoms in total. The molecule has 0 saturated heterocycles. The van der Waals surface area contributed by atoms with Gasteiger partial charge in [-0.3, -0.25) is 11.3 Å². The average Bonchev–Trinajstić information content (AvgIpc) is 2.81. The van der Waals surface area contributed by atoms with Crippen LogP contribution in [0.4, 0.5) is 0 Å². The highest BCUT2D eigenvalue weighted by molar-refractivity contribution is 7.16. The van der Waals surface area contributed by atoms with Gasteiger partial charge < -0.3 is 0 Å². The van der Waals surface area contributed by atoms with Crippen LogP contribution in [0.1, 0.15) is 49.8 Å². The van der Waals surface area contributed by atoms with Crippen LogP contribution in [-0.2, 0) is 6.42 Å². The van der Waals surface area contributed by atoms with Crippen molar-refractivity contribution in [2.45, 2.75) is 57.4 Å². The summed E-state index contributed by atoms with van der Waals surface area (Å²) in [4.78, 5) is 1.33. The van der Waals surface area contributed by atoms with Crippen LogP contribution < -0.4 is 11.3 Å². The van der Waals surface area contributed by atoms with Crippen LogP contribution in [0.2, 0.25) is 4.34 Å². The smallest absolute Gasteiger partial charge is 0.0931 e. The van der Waals surface area contributed by atoms with E-state index in [1.165, 1.54) is 49.8 Å². The Balaban J connectivity index is 1.74. The van der Waals surface area contributed by atoms with Crippen LogP contribution in [0.3, 0.4) is 0 Å². The number of nitrogens with one attached hydrogen (secondary N) is 1. The molecular formula is C14H23ClN2S. The van der Waals surface area contributed by atoms with Gasteiger partial charge in [-0.25, -0.2) is 0 Å². The first kappa shape index (κ1) is 14.3. The van der Waals surface area contributed by atoms with E-state index >= 15 is 0 Å². The van der Waals surface area contributed by atoms with Crippen molar-refractivity contribution in [2.24, 2.45) is 11.8 Å². The van der Waals surface area contributed by atoms with Crippen molar-refractivity contribution in [3.05, 3.63) is 21.3 Å². The van der Waals surface area contributed by atoms with Crippen LogP contribution in [0.15, 0.2) is 12.1 Å². The van der Waals surface area contributed by atoms with Gasteiger partial charge in [-0.2, -0.15) is 0 Å². The number of hydrogen-bond donors (Lipinski definition) is 2. The maximum Gasteiger partial charge on any atom is 0.0931 e. The Kier molecular flexibility index (Phi) is 5.96. The lowest BCUT2D eigenvalue weighted by atomic mass is 9.85. The molecule has 1 unspecified atom stereocenters. The Labute approximate surface area is 119 Å². The molecule has 1 fully saturated rings. The molecule has 1 aliphatic rings. The summed E-state index contributed by atoms with van der Waals surface area (Å²) in [5, 5.41) is 0. The molecule has 4 heteroatoms. The molecule has 1 heterocycles. The summed E-state index contributed by atoms with van der Waals surface area (Å²) in [5.74, 6) is 6.60. The molecule has 0 amide bonds. The van der Waals surface area contributed by atoms with E-state index in [4.69, 9.17) is 17.4 Å². The highest BCUT2D eigenvalue weighted by atomic mass is 35.5. The molecule has 1 aromatic rings. The second kappa shape index (κ2) is 7.49. The third-order valence-electron chi connectivity index (χ3n) is 3.96. The van der Waals surface area contributed by atoms with E-state index in [1.807, 2.05) is 6.07 Å². The van der Waals surface area contributed by atoms with Crippen molar-refractivity contribution in [1.29, 1.82) is 0 Å². The average molecular weight is 287 g/mol. The molecule has 18 heavy (non-hydrogen) atoms. The second-order valence-corrected chi connectivity index (χ2v) is 7.15. The first-order chi connectivity index (χ1) is 8.78. The molecule has 1 saturated carbocycles. The summed E-state index contributed by atoms with van der Waals surface area (Å²) in [6.07, 6.45) is 10.6. The molecule has 102 valence electrons. The summed E-state index contributed by atoms with van der Waals surface area (Å²) in [6.45, 7) is 0. The highest BCUT2D eigenvalue weighted by Gasteiger charge is 2.16. The minimum absolute atomic E-state index is 0.390. The molecule has 0 bridgehead atoms. The van der Waals surface area contributed by atoms with Gasteiger partial charge in [-0.1, -0.05) is 43.7 Å². The lowest BCUT2D eigenvalue weighted by Gasteiger charge is -2.23. The zero-order valence-electron chi connectivity index (χ0n) is 10.8. The standard InChI is InChI=1S/C14H23ClN2S/c15-14-9-8-13(18-14)10-12(17-16)7-6-11-4-2-1-3-5-11/h8-9,11-12,17H,1-7,10,16H2. The summed E-state index contributed by atoms with van der Waals surface area (Å²) in [7, 11) is 0. The largest absolute Gasteiger partial charge is 0.271 e. The Morgan fingerprint density at radius 1 is 1.33 bits per heavy atom. The number of hydrogen-bond acceptors (Lipinski definition) is 3. The van der Waals surface area contributed by atoms with Crippen LogP contribution in [0, 0.1) is 5.92 Å². The zero-order valence-corrected chi connectivity index (χ0v) is 12.4. The lowest BCUT2D eigenvalue weighted by molar-refractivity contribution is 0.313. The van der Waals surface area contributed by atoms with Gasteiger partial charge in [0.25, 0.3) is 0 Å². The lowest BCUT2D eigenvalue weighted by Crippen LogP contribution is -2.37. The minimum Gasteiger partial charge on any atom is -0.271 e. The van der Waals surface area contributed by atoms with Crippen LogP contribution >= 0.6 is 22.9 Å². The fourth-order valence-corrected chi connectivity index (χ4v) is 4.03. The van der Waals surface area contributed by atoms with Gasteiger partial charge in [-0.15, -0.1) is 11.3 Å². The van der Waals surface area contributed by atoms with Crippen LogP contribution in [0.5, 0.6) is 0 Å². The fraction of sp³-hybridized carbons (Fsp3) is 0.714. The normalized spacial score (nSPS) is 19.0. The van der Waals surface area contributed by atoms with Crippen molar-refractivity contribution in [3.63, 3.8) is 0 Å². The molecule has 2 rings (SSSR count). The maximum absolute atomic E-state index is 5.95. The highest BCUT2D eigenvalue weighted by Crippen LogP contribution is 2.28. The van der Waals surface area contributed by atoms with E-state index in [0.29, 0.717) is 6.04 Å². The summed E-state index contributed by atoms with van der Waals surface area (Å²) in [5.41, 5.74) is 2.96. The van der Waals surface area contributed by atoms with Crippen molar-refractivity contribution in [1.82, 2.24) is 5.43 Å². The van der Waals surface area contributed by atoms with Gasteiger partial charge >= 0.3 is 0 Å². The first-order valence-electron chi connectivity index (χ1n) is 6.98. The van der Waals surface area contributed by atoms with Gasteiger partial charge in [0.1, 0.15) is 0 Å². The minimum atomic E-state index is 0.390. The number of halogens is 1. The van der Waals surface area contributed by atoms with Gasteiger partial charge in [0.05, 0.1) is 4.34 Å². The number of hydrazine groups is 1. The predicted octanol–water partition coefficient (Wildman–Crippen LogP) is 4.14. The van der Waals surface area contributed by atoms with Crippen molar-refractivity contribution in [2.75, 3.05) is 0 Å². The quantitative estimate of drug-likeness (QED) is 0.609. The van der Waals surface area contributed by atoms with Gasteiger partial charge in [0.15, 0.2) is 0 Å². The Hall–Kier alpha value is -0.0900. The fourth-order valence-electron chi connectivity index (χ4n) is 2.86. The molecule has 0 aliphatic heterocycles. The van der Waals surface area contributed by atoms with Gasteiger partial charge in [0, 0.05) is 10.9 Å². The van der Waals surface area contributed by atoms with Crippen LogP contribution in [0.25, 0.3) is 0 Å². The summed E-state index contributed by atoms with van der Waals surface area (Å²) < 4.78 is 0.869.